The quantitative estimate of drug-likeness (QED) is 0.781. The molecule has 1 rings (SSSR count). The third kappa shape index (κ3) is 3.70. The molecule has 1 saturated carbocycles. The summed E-state index contributed by atoms with van der Waals surface area (Å²) in [5, 5.41) is 9.59. The van der Waals surface area contributed by atoms with Crippen LogP contribution in [0.1, 0.15) is 12.8 Å². The number of hydrogen-bond acceptors (Lipinski definition) is 2. The van der Waals surface area contributed by atoms with Crippen LogP contribution < -0.4 is 0 Å². The minimum absolute atomic E-state index is 0.137. The Kier molecular flexibility index (Phi) is 3.75. The second kappa shape index (κ2) is 4.40. The maximum Gasteiger partial charge on any atom is 0.0695 e. The first kappa shape index (κ1) is 10.2. The van der Waals surface area contributed by atoms with Crippen molar-refractivity contribution in [3.05, 3.63) is 11.1 Å². The van der Waals surface area contributed by atoms with Crippen molar-refractivity contribution in [1.82, 2.24) is 4.90 Å². The fourth-order valence-corrected chi connectivity index (χ4v) is 1.73. The van der Waals surface area contributed by atoms with E-state index in [0.717, 1.165) is 17.6 Å². The second-order valence-corrected chi connectivity index (χ2v) is 4.74. The Bertz CT molecular complexity index is 168. The number of aliphatic hydroxyl groups excluding tert-OH is 1. The van der Waals surface area contributed by atoms with Gasteiger partial charge in [-0.1, -0.05) is 22.5 Å². The number of rotatable bonds is 5. The van der Waals surface area contributed by atoms with Crippen LogP contribution >= 0.6 is 15.9 Å². The molecular weight excluding hydrogens is 218 g/mol. The van der Waals surface area contributed by atoms with Crippen molar-refractivity contribution < 1.29 is 5.11 Å². The lowest BCUT2D eigenvalue weighted by atomic mass is 10.2. The van der Waals surface area contributed by atoms with Gasteiger partial charge in [0, 0.05) is 17.6 Å². The third-order valence-corrected chi connectivity index (χ3v) is 2.36. The van der Waals surface area contributed by atoms with E-state index in [-0.39, 0.29) is 6.10 Å². The first-order valence-corrected chi connectivity index (χ1v) is 5.09. The van der Waals surface area contributed by atoms with Crippen molar-refractivity contribution in [1.29, 1.82) is 0 Å². The molecule has 1 N–H and O–H groups in total. The Morgan fingerprint density at radius 1 is 1.75 bits per heavy atom. The molecule has 12 heavy (non-hydrogen) atoms. The van der Waals surface area contributed by atoms with E-state index < -0.39 is 0 Å². The van der Waals surface area contributed by atoms with Crippen LogP contribution in [-0.4, -0.2) is 36.2 Å². The van der Waals surface area contributed by atoms with Crippen LogP contribution in [0.4, 0.5) is 0 Å². The normalized spacial score (nSPS) is 19.7. The minimum atomic E-state index is -0.137. The molecule has 0 amide bonds. The summed E-state index contributed by atoms with van der Waals surface area (Å²) in [7, 11) is 2.00. The molecule has 0 aliphatic heterocycles. The highest BCUT2D eigenvalue weighted by atomic mass is 79.9. The molecule has 0 radical (unpaired) electrons. The van der Waals surface area contributed by atoms with E-state index in [2.05, 4.69) is 27.4 Å². The lowest BCUT2D eigenvalue weighted by molar-refractivity contribution is 0.111. The average Bonchev–Trinajstić information content (AvgIpc) is 2.63. The smallest absolute Gasteiger partial charge is 0.0695 e. The van der Waals surface area contributed by atoms with Crippen molar-refractivity contribution in [3.63, 3.8) is 0 Å². The number of aliphatic hydroxyl groups is 1. The molecule has 0 aromatic carbocycles. The minimum Gasteiger partial charge on any atom is -0.392 e. The van der Waals surface area contributed by atoms with Gasteiger partial charge >= 0.3 is 0 Å². The molecule has 0 aromatic heterocycles. The van der Waals surface area contributed by atoms with Crippen molar-refractivity contribution in [2.45, 2.75) is 18.9 Å². The summed E-state index contributed by atoms with van der Waals surface area (Å²) in [6.45, 7) is 5.32. The van der Waals surface area contributed by atoms with Crippen molar-refractivity contribution in [2.75, 3.05) is 20.1 Å². The van der Waals surface area contributed by atoms with Crippen molar-refractivity contribution in [2.24, 2.45) is 5.92 Å². The molecule has 2 nitrogen and oxygen atoms in total. The fraction of sp³-hybridized carbons (Fsp3) is 0.778. The van der Waals surface area contributed by atoms with Gasteiger partial charge in [0.25, 0.3) is 0 Å². The van der Waals surface area contributed by atoms with Gasteiger partial charge in [0.1, 0.15) is 0 Å². The zero-order valence-corrected chi connectivity index (χ0v) is 9.05. The SMILES string of the molecule is C=C(Br)CN(C)CC(O)C1CC1. The number of likely N-dealkylation sites (N-methyl/N-ethyl adjacent to an activating group) is 1. The summed E-state index contributed by atoms with van der Waals surface area (Å²) in [4.78, 5) is 2.08. The van der Waals surface area contributed by atoms with Gasteiger partial charge in [0.2, 0.25) is 0 Å². The first-order chi connectivity index (χ1) is 5.59. The van der Waals surface area contributed by atoms with Gasteiger partial charge in [0.05, 0.1) is 6.10 Å². The molecule has 1 aliphatic rings. The third-order valence-electron chi connectivity index (χ3n) is 2.11. The predicted octanol–water partition coefficient (Wildman–Crippen LogP) is 1.60. The highest BCUT2D eigenvalue weighted by Crippen LogP contribution is 2.32. The zero-order chi connectivity index (χ0) is 9.14. The Balaban J connectivity index is 2.15. The van der Waals surface area contributed by atoms with E-state index >= 15 is 0 Å². The van der Waals surface area contributed by atoms with Gasteiger partial charge in [0.15, 0.2) is 0 Å². The summed E-state index contributed by atoms with van der Waals surface area (Å²) < 4.78 is 0.966. The van der Waals surface area contributed by atoms with E-state index in [1.165, 1.54) is 12.8 Å². The summed E-state index contributed by atoms with van der Waals surface area (Å²) in [6, 6.07) is 0. The molecule has 0 heterocycles. The van der Waals surface area contributed by atoms with Gasteiger partial charge in [-0.2, -0.15) is 0 Å². The number of halogens is 1. The number of nitrogens with zero attached hydrogens (tertiary/aromatic N) is 1. The Morgan fingerprint density at radius 3 is 2.75 bits per heavy atom. The van der Waals surface area contributed by atoms with Crippen LogP contribution in [0.3, 0.4) is 0 Å². The highest BCUT2D eigenvalue weighted by Gasteiger charge is 2.30. The molecule has 1 aliphatic carbocycles. The van der Waals surface area contributed by atoms with Crippen molar-refractivity contribution >= 4 is 15.9 Å². The Labute approximate surface area is 82.4 Å². The van der Waals surface area contributed by atoms with Crippen LogP contribution in [0.15, 0.2) is 11.1 Å². The van der Waals surface area contributed by atoms with Crippen LogP contribution in [0, 0.1) is 5.92 Å². The van der Waals surface area contributed by atoms with E-state index in [1.54, 1.807) is 0 Å². The molecular formula is C9H16BrNO. The molecule has 1 unspecified atom stereocenters. The van der Waals surface area contributed by atoms with Gasteiger partial charge in [-0.3, -0.25) is 4.90 Å². The maximum atomic E-state index is 9.59. The lowest BCUT2D eigenvalue weighted by Crippen LogP contribution is -2.31. The number of hydrogen-bond donors (Lipinski definition) is 1. The van der Waals surface area contributed by atoms with Gasteiger partial charge in [-0.15, -0.1) is 0 Å². The fourth-order valence-electron chi connectivity index (χ4n) is 1.31. The summed E-state index contributed by atoms with van der Waals surface area (Å²) in [5.74, 6) is 0.566. The largest absolute Gasteiger partial charge is 0.392 e. The van der Waals surface area contributed by atoms with Gasteiger partial charge in [-0.25, -0.2) is 0 Å². The van der Waals surface area contributed by atoms with Crippen LogP contribution in [0.25, 0.3) is 0 Å². The summed E-state index contributed by atoms with van der Waals surface area (Å²) >= 11 is 3.30. The van der Waals surface area contributed by atoms with E-state index in [9.17, 15) is 5.11 Å². The molecule has 0 spiro atoms. The van der Waals surface area contributed by atoms with Crippen molar-refractivity contribution in [3.8, 4) is 0 Å². The molecule has 3 heteroatoms. The molecule has 1 fully saturated rings. The van der Waals surface area contributed by atoms with E-state index in [4.69, 9.17) is 0 Å². The summed E-state index contributed by atoms with van der Waals surface area (Å²) in [5.41, 5.74) is 0. The summed E-state index contributed by atoms with van der Waals surface area (Å²) in [6.07, 6.45) is 2.26. The molecule has 70 valence electrons. The average molecular weight is 234 g/mol. The van der Waals surface area contributed by atoms with Gasteiger partial charge in [-0.05, 0) is 25.8 Å². The standard InChI is InChI=1S/C9H16BrNO/c1-7(10)5-11(2)6-9(12)8-3-4-8/h8-9,12H,1,3-6H2,2H3. The first-order valence-electron chi connectivity index (χ1n) is 4.29. The molecule has 1 atom stereocenters. The van der Waals surface area contributed by atoms with Crippen LogP contribution in [-0.2, 0) is 0 Å². The zero-order valence-electron chi connectivity index (χ0n) is 7.46. The molecule has 0 saturated heterocycles. The van der Waals surface area contributed by atoms with Gasteiger partial charge < -0.3 is 5.11 Å². The van der Waals surface area contributed by atoms with Crippen LogP contribution in [0.2, 0.25) is 0 Å². The Hall–Kier alpha value is 0.140. The second-order valence-electron chi connectivity index (χ2n) is 3.62. The monoisotopic (exact) mass is 233 g/mol. The lowest BCUT2D eigenvalue weighted by Gasteiger charge is -2.19. The highest BCUT2D eigenvalue weighted by molar-refractivity contribution is 9.11. The Morgan fingerprint density at radius 2 is 2.33 bits per heavy atom. The molecule has 0 bridgehead atoms. The molecule has 0 aromatic rings. The van der Waals surface area contributed by atoms with E-state index in [0.29, 0.717) is 5.92 Å². The van der Waals surface area contributed by atoms with Crippen LogP contribution in [0.5, 0.6) is 0 Å². The predicted molar refractivity (Wildman–Crippen MR) is 54.3 cm³/mol. The maximum absolute atomic E-state index is 9.59. The van der Waals surface area contributed by atoms with E-state index in [1.807, 2.05) is 7.05 Å². The topological polar surface area (TPSA) is 23.5 Å².